The molecule has 0 fully saturated rings. The first kappa shape index (κ1) is 39.6. The van der Waals surface area contributed by atoms with Crippen LogP contribution in [0.15, 0.2) is 91.0 Å². The number of amides is 2. The van der Waals surface area contributed by atoms with Crippen LogP contribution in [0.25, 0.3) is 0 Å². The molecule has 0 aliphatic carbocycles. The van der Waals surface area contributed by atoms with Crippen molar-refractivity contribution >= 4 is 31.9 Å². The van der Waals surface area contributed by atoms with Crippen LogP contribution in [0.4, 0.5) is 0 Å². The summed E-state index contributed by atoms with van der Waals surface area (Å²) in [6.07, 6.45) is 1.09. The predicted molar refractivity (Wildman–Crippen MR) is 207 cm³/mol. The molecule has 3 rings (SSSR count). The van der Waals surface area contributed by atoms with E-state index in [0.29, 0.717) is 24.5 Å². The van der Waals surface area contributed by atoms with Gasteiger partial charge in [0, 0.05) is 18.7 Å². The number of rotatable bonds is 15. The van der Waals surface area contributed by atoms with Crippen molar-refractivity contribution < 1.29 is 14.0 Å². The predicted octanol–water partition coefficient (Wildman–Crippen LogP) is 9.43. The van der Waals surface area contributed by atoms with Crippen LogP contribution in [0, 0.1) is 17.3 Å². The zero-order valence-corrected chi connectivity index (χ0v) is 33.0. The molecular formula is C41H60N2O3SSi. The Bertz CT molecular complexity index is 1340. The van der Waals surface area contributed by atoms with Gasteiger partial charge in [-0.25, -0.2) is 0 Å². The number of benzene rings is 3. The van der Waals surface area contributed by atoms with E-state index in [-0.39, 0.29) is 28.9 Å². The lowest BCUT2D eigenvalue weighted by Crippen LogP contribution is -2.54. The first-order chi connectivity index (χ1) is 22.4. The van der Waals surface area contributed by atoms with Gasteiger partial charge in [-0.3, -0.25) is 9.59 Å². The fourth-order valence-corrected chi connectivity index (χ4v) is 9.04. The van der Waals surface area contributed by atoms with Crippen molar-refractivity contribution in [3.05, 3.63) is 108 Å². The SMILES string of the molecule is CNC(=O)[C@@H](NC(=O)[C@H](CC(C)C)C[C@@H](CSC(c1ccccc1)(c1ccccc1)c1ccccc1)O[Si](C)(C)C(C)(C)C)C(C)(C)C. The minimum absolute atomic E-state index is 0.00234. The molecule has 2 N–H and O–H groups in total. The van der Waals surface area contributed by atoms with Gasteiger partial charge in [-0.05, 0) is 59.0 Å². The van der Waals surface area contributed by atoms with E-state index in [4.69, 9.17) is 4.43 Å². The number of carbonyl (C=O) groups excluding carboxylic acids is 2. The molecule has 5 nitrogen and oxygen atoms in total. The maximum Gasteiger partial charge on any atom is 0.242 e. The largest absolute Gasteiger partial charge is 0.413 e. The van der Waals surface area contributed by atoms with E-state index in [0.717, 1.165) is 0 Å². The molecule has 2 amide bonds. The van der Waals surface area contributed by atoms with Crippen molar-refractivity contribution in [2.75, 3.05) is 12.8 Å². The summed E-state index contributed by atoms with van der Waals surface area (Å²) < 4.78 is 6.77. The lowest BCUT2D eigenvalue weighted by molar-refractivity contribution is -0.134. The minimum atomic E-state index is -2.24. The summed E-state index contributed by atoms with van der Waals surface area (Å²) in [4.78, 5) is 27.1. The molecule has 3 atom stereocenters. The number of carbonyl (C=O) groups is 2. The molecule has 3 aromatic rings. The average molecular weight is 689 g/mol. The number of hydrogen-bond donors (Lipinski definition) is 2. The Morgan fingerprint density at radius 1 is 0.729 bits per heavy atom. The van der Waals surface area contributed by atoms with E-state index in [9.17, 15) is 9.59 Å². The first-order valence-corrected chi connectivity index (χ1v) is 21.3. The van der Waals surface area contributed by atoms with Crippen LogP contribution in [0.3, 0.4) is 0 Å². The highest BCUT2D eigenvalue weighted by molar-refractivity contribution is 8.00. The van der Waals surface area contributed by atoms with Crippen LogP contribution in [-0.2, 0) is 18.8 Å². The third-order valence-electron chi connectivity index (χ3n) is 9.63. The Hall–Kier alpha value is -2.87. The third kappa shape index (κ3) is 10.1. The van der Waals surface area contributed by atoms with Gasteiger partial charge in [0.1, 0.15) is 6.04 Å². The maximum absolute atomic E-state index is 14.2. The van der Waals surface area contributed by atoms with Crippen LogP contribution in [0.2, 0.25) is 18.1 Å². The molecule has 0 heterocycles. The van der Waals surface area contributed by atoms with E-state index >= 15 is 0 Å². The van der Waals surface area contributed by atoms with Gasteiger partial charge in [-0.2, -0.15) is 0 Å². The van der Waals surface area contributed by atoms with Crippen molar-refractivity contribution in [2.45, 2.75) is 103 Å². The lowest BCUT2D eigenvalue weighted by Gasteiger charge is -2.42. The van der Waals surface area contributed by atoms with Crippen LogP contribution in [0.1, 0.15) is 84.9 Å². The topological polar surface area (TPSA) is 67.4 Å². The molecule has 3 aromatic carbocycles. The molecule has 0 aliphatic heterocycles. The highest BCUT2D eigenvalue weighted by atomic mass is 32.2. The van der Waals surface area contributed by atoms with Gasteiger partial charge in [-0.1, -0.05) is 146 Å². The normalized spacial score (nSPS) is 14.7. The third-order valence-corrected chi connectivity index (χ3v) is 15.8. The smallest absolute Gasteiger partial charge is 0.242 e. The minimum Gasteiger partial charge on any atom is -0.413 e. The molecule has 0 aliphatic rings. The average Bonchev–Trinajstić information content (AvgIpc) is 3.03. The molecule has 0 spiro atoms. The van der Waals surface area contributed by atoms with E-state index in [1.807, 2.05) is 32.5 Å². The Labute approximate surface area is 296 Å². The molecule has 0 bridgehead atoms. The molecule has 0 unspecified atom stereocenters. The molecule has 0 saturated heterocycles. The number of nitrogens with one attached hydrogen (secondary N) is 2. The van der Waals surface area contributed by atoms with Gasteiger partial charge in [-0.15, -0.1) is 11.8 Å². The lowest BCUT2D eigenvalue weighted by atomic mass is 9.84. The molecule has 0 aromatic heterocycles. The fourth-order valence-electron chi connectivity index (χ4n) is 6.01. The first-order valence-electron chi connectivity index (χ1n) is 17.4. The zero-order chi connectivity index (χ0) is 35.8. The fraction of sp³-hybridized carbons (Fsp3) is 0.512. The maximum atomic E-state index is 14.2. The van der Waals surface area contributed by atoms with Crippen molar-refractivity contribution in [3.8, 4) is 0 Å². The van der Waals surface area contributed by atoms with Crippen molar-refractivity contribution in [1.29, 1.82) is 0 Å². The Morgan fingerprint density at radius 3 is 1.52 bits per heavy atom. The quantitative estimate of drug-likeness (QED) is 0.123. The molecule has 48 heavy (non-hydrogen) atoms. The van der Waals surface area contributed by atoms with Gasteiger partial charge in [0.15, 0.2) is 8.32 Å². The standard InChI is InChI=1S/C41H60N2O3SSi/c1-30(2)27-31(37(44)43-36(38(45)42-9)39(3,4)5)28-35(46-48(10,11)40(6,7)8)29-47-41(32-21-15-12-16-22-32,33-23-17-13-18-24-33)34-25-19-14-20-26-34/h12-26,30-31,35-36H,27-29H2,1-11H3,(H,42,45)(H,43,44)/t31-,35+,36-/m1/s1. The second kappa shape index (κ2) is 16.7. The van der Waals surface area contributed by atoms with E-state index in [2.05, 4.69) is 149 Å². The van der Waals surface area contributed by atoms with Crippen molar-refractivity contribution in [2.24, 2.45) is 17.3 Å². The second-order valence-electron chi connectivity index (χ2n) is 16.1. The summed E-state index contributed by atoms with van der Waals surface area (Å²) in [7, 11) is -0.616. The monoisotopic (exact) mass is 688 g/mol. The number of likely N-dealkylation sites (N-methyl/N-ethyl adjacent to an activating group) is 1. The van der Waals surface area contributed by atoms with Gasteiger partial charge >= 0.3 is 0 Å². The van der Waals surface area contributed by atoms with Gasteiger partial charge in [0.2, 0.25) is 11.8 Å². The van der Waals surface area contributed by atoms with Gasteiger partial charge < -0.3 is 15.1 Å². The summed E-state index contributed by atoms with van der Waals surface area (Å²) in [6.45, 7) is 21.7. The molecule has 0 radical (unpaired) electrons. The summed E-state index contributed by atoms with van der Waals surface area (Å²) in [5, 5.41) is 5.91. The van der Waals surface area contributed by atoms with E-state index in [1.165, 1.54) is 16.7 Å². The highest BCUT2D eigenvalue weighted by Crippen LogP contribution is 2.49. The molecular weight excluding hydrogens is 629 g/mol. The van der Waals surface area contributed by atoms with Gasteiger partial charge in [0.25, 0.3) is 0 Å². The second-order valence-corrected chi connectivity index (χ2v) is 22.1. The molecule has 0 saturated carbocycles. The summed E-state index contributed by atoms with van der Waals surface area (Å²) in [6, 6.07) is 31.6. The van der Waals surface area contributed by atoms with Crippen molar-refractivity contribution in [1.82, 2.24) is 10.6 Å². The highest BCUT2D eigenvalue weighted by Gasteiger charge is 2.43. The summed E-state index contributed by atoms with van der Waals surface area (Å²) in [5.74, 6) is 0.413. The Morgan fingerprint density at radius 2 is 1.17 bits per heavy atom. The van der Waals surface area contributed by atoms with Crippen molar-refractivity contribution in [3.63, 3.8) is 0 Å². The van der Waals surface area contributed by atoms with Crippen LogP contribution in [0.5, 0.6) is 0 Å². The van der Waals surface area contributed by atoms with E-state index < -0.39 is 24.5 Å². The van der Waals surface area contributed by atoms with Crippen LogP contribution < -0.4 is 10.6 Å². The number of thioether (sulfide) groups is 1. The molecule has 7 heteroatoms. The Kier molecular flexibility index (Phi) is 13.8. The Balaban J connectivity index is 2.12. The van der Waals surface area contributed by atoms with Gasteiger partial charge in [0.05, 0.1) is 10.9 Å². The number of hydrogen-bond acceptors (Lipinski definition) is 4. The van der Waals surface area contributed by atoms with Crippen LogP contribution in [-0.4, -0.2) is 45.1 Å². The summed E-state index contributed by atoms with van der Waals surface area (Å²) in [5.41, 5.74) is 3.17. The van der Waals surface area contributed by atoms with Crippen LogP contribution >= 0.6 is 11.8 Å². The molecule has 262 valence electrons. The van der Waals surface area contributed by atoms with E-state index in [1.54, 1.807) is 7.05 Å². The summed E-state index contributed by atoms with van der Waals surface area (Å²) >= 11 is 1.89. The zero-order valence-electron chi connectivity index (χ0n) is 31.2.